The van der Waals surface area contributed by atoms with Crippen LogP contribution >= 0.6 is 0 Å². The van der Waals surface area contributed by atoms with Gasteiger partial charge in [0.1, 0.15) is 11.4 Å². The molecule has 47 heavy (non-hydrogen) atoms. The molecule has 2 aliphatic rings. The molecule has 13 N–H and O–H groups in total. The number of rotatable bonds is 8. The molecule has 0 spiro atoms. The van der Waals surface area contributed by atoms with Gasteiger partial charge in [-0.2, -0.15) is 0 Å². The lowest BCUT2D eigenvalue weighted by molar-refractivity contribution is 0.0913. The number of H-pyrrole nitrogens is 2. The van der Waals surface area contributed by atoms with Crippen molar-refractivity contribution < 1.29 is 14.4 Å². The van der Waals surface area contributed by atoms with Gasteiger partial charge in [0, 0.05) is 45.1 Å². The smallest absolute Gasteiger partial charge is 0.267 e. The van der Waals surface area contributed by atoms with Gasteiger partial charge in [0.05, 0.1) is 12.1 Å². The first-order valence-corrected chi connectivity index (χ1v) is 16.0. The van der Waals surface area contributed by atoms with Gasteiger partial charge in [0.2, 0.25) is 0 Å². The Morgan fingerprint density at radius 1 is 0.596 bits per heavy atom. The molecule has 2 aliphatic carbocycles. The van der Waals surface area contributed by atoms with Crippen LogP contribution in [0.15, 0.2) is 58.5 Å². The van der Waals surface area contributed by atoms with Crippen LogP contribution in [0.4, 0.5) is 5.69 Å². The van der Waals surface area contributed by atoms with Gasteiger partial charge in [-0.3, -0.25) is 24.4 Å². The van der Waals surface area contributed by atoms with Gasteiger partial charge in [0.15, 0.2) is 11.9 Å². The molecule has 2 heterocycles. The molecule has 0 atom stereocenters. The van der Waals surface area contributed by atoms with E-state index >= 15 is 0 Å². The highest BCUT2D eigenvalue weighted by atomic mass is 16.2. The van der Waals surface area contributed by atoms with Gasteiger partial charge in [-0.05, 0) is 99.9 Å². The first-order chi connectivity index (χ1) is 22.6. The van der Waals surface area contributed by atoms with E-state index in [0.29, 0.717) is 22.6 Å². The standard InChI is InChI=1S/C33H41N11O3/c34-32(35)41-22-6-2-20(3-7-22)38-30(46)27-15-18-13-17(1-11-25(18)43-27)29(45)40-24-10-12-26-19(14-24)16-28(44-26)31(47)39-21-4-8-23(9-5-21)42-33(36)37/h1,10-16,20-23,43-44H,2-9H2,(H,38,46)(H,39,47)(H,40,45)(H4,34,35,41)(H4,36,37,42). The third-order valence-electron chi connectivity index (χ3n) is 8.98. The topological polar surface area (TPSA) is 248 Å². The largest absolute Gasteiger partial charge is 0.370 e. The molecule has 3 amide bonds. The van der Waals surface area contributed by atoms with Crippen LogP contribution in [0.25, 0.3) is 21.8 Å². The Hall–Kier alpha value is -5.53. The fourth-order valence-corrected chi connectivity index (χ4v) is 6.58. The summed E-state index contributed by atoms with van der Waals surface area (Å²) in [6, 6.07) is 14.5. The predicted molar refractivity (Wildman–Crippen MR) is 183 cm³/mol. The lowest BCUT2D eigenvalue weighted by Gasteiger charge is -2.26. The molecule has 246 valence electrons. The monoisotopic (exact) mass is 639 g/mol. The van der Waals surface area contributed by atoms with E-state index in [4.69, 9.17) is 22.9 Å². The number of aromatic amines is 2. The Morgan fingerprint density at radius 2 is 1.06 bits per heavy atom. The van der Waals surface area contributed by atoms with E-state index in [-0.39, 0.29) is 53.8 Å². The van der Waals surface area contributed by atoms with E-state index in [9.17, 15) is 14.4 Å². The minimum Gasteiger partial charge on any atom is -0.370 e. The van der Waals surface area contributed by atoms with E-state index in [1.54, 1.807) is 36.4 Å². The summed E-state index contributed by atoms with van der Waals surface area (Å²) in [4.78, 5) is 53.9. The summed E-state index contributed by atoms with van der Waals surface area (Å²) in [5.41, 5.74) is 25.4. The second kappa shape index (κ2) is 13.4. The van der Waals surface area contributed by atoms with Gasteiger partial charge in [-0.15, -0.1) is 0 Å². The number of aromatic nitrogens is 2. The lowest BCUT2D eigenvalue weighted by atomic mass is 9.91. The highest BCUT2D eigenvalue weighted by molar-refractivity contribution is 6.08. The van der Waals surface area contributed by atoms with Crippen molar-refractivity contribution in [3.05, 3.63) is 65.5 Å². The molecular formula is C33H41N11O3. The average molecular weight is 640 g/mol. The van der Waals surface area contributed by atoms with Crippen LogP contribution in [0.1, 0.15) is 82.7 Å². The number of hydrogen-bond donors (Lipinski definition) is 9. The molecule has 2 aromatic carbocycles. The summed E-state index contributed by atoms with van der Waals surface area (Å²) in [5.74, 6) is -0.474. The van der Waals surface area contributed by atoms with Crippen LogP contribution in [0.2, 0.25) is 0 Å². The van der Waals surface area contributed by atoms with Crippen molar-refractivity contribution in [2.45, 2.75) is 75.5 Å². The highest BCUT2D eigenvalue weighted by Crippen LogP contribution is 2.25. The summed E-state index contributed by atoms with van der Waals surface area (Å²) in [6.07, 6.45) is 6.45. The lowest BCUT2D eigenvalue weighted by Crippen LogP contribution is -2.39. The molecule has 14 heteroatoms. The number of anilines is 1. The van der Waals surface area contributed by atoms with Crippen molar-refractivity contribution in [1.29, 1.82) is 0 Å². The maximum atomic E-state index is 13.2. The molecule has 4 aromatic rings. The number of nitrogens with one attached hydrogen (secondary N) is 5. The van der Waals surface area contributed by atoms with Crippen molar-refractivity contribution in [1.82, 2.24) is 20.6 Å². The van der Waals surface area contributed by atoms with Crippen molar-refractivity contribution >= 4 is 57.1 Å². The molecule has 0 aliphatic heterocycles. The molecule has 14 nitrogen and oxygen atoms in total. The number of aliphatic imine (C=N–C) groups is 2. The molecule has 0 saturated heterocycles. The van der Waals surface area contributed by atoms with E-state index in [2.05, 4.69) is 35.9 Å². The van der Waals surface area contributed by atoms with Crippen molar-refractivity contribution in [3.8, 4) is 0 Å². The van der Waals surface area contributed by atoms with Gasteiger partial charge in [-0.25, -0.2) is 0 Å². The molecule has 0 unspecified atom stereocenters. The van der Waals surface area contributed by atoms with Crippen LogP contribution in [-0.4, -0.2) is 63.8 Å². The van der Waals surface area contributed by atoms with Crippen molar-refractivity contribution in [2.75, 3.05) is 5.32 Å². The van der Waals surface area contributed by atoms with E-state index in [1.165, 1.54) is 0 Å². The van der Waals surface area contributed by atoms with Gasteiger partial charge in [-0.1, -0.05) is 0 Å². The third kappa shape index (κ3) is 7.65. The quantitative estimate of drug-likeness (QED) is 0.103. The van der Waals surface area contributed by atoms with E-state index in [1.807, 2.05) is 12.1 Å². The number of carbonyl (C=O) groups is 3. The second-order valence-corrected chi connectivity index (χ2v) is 12.5. The highest BCUT2D eigenvalue weighted by Gasteiger charge is 2.25. The average Bonchev–Trinajstić information content (AvgIpc) is 3.66. The number of benzene rings is 2. The van der Waals surface area contributed by atoms with Crippen LogP contribution in [0.3, 0.4) is 0 Å². The molecule has 2 fully saturated rings. The summed E-state index contributed by atoms with van der Waals surface area (Å²) in [7, 11) is 0. The minimum atomic E-state index is -0.291. The van der Waals surface area contributed by atoms with Gasteiger partial charge >= 0.3 is 0 Å². The molecule has 2 saturated carbocycles. The Labute approximate surface area is 271 Å². The first-order valence-electron chi connectivity index (χ1n) is 16.0. The predicted octanol–water partition coefficient (Wildman–Crippen LogP) is 2.53. The Balaban J connectivity index is 1.05. The Kier molecular flexibility index (Phi) is 9.00. The maximum Gasteiger partial charge on any atom is 0.267 e. The minimum absolute atomic E-state index is 0.0476. The fourth-order valence-electron chi connectivity index (χ4n) is 6.58. The number of guanidine groups is 2. The zero-order chi connectivity index (χ0) is 33.1. The maximum absolute atomic E-state index is 13.2. The second-order valence-electron chi connectivity index (χ2n) is 12.5. The van der Waals surface area contributed by atoms with Crippen LogP contribution in [0.5, 0.6) is 0 Å². The van der Waals surface area contributed by atoms with Crippen molar-refractivity contribution in [2.24, 2.45) is 32.9 Å². The number of hydrogen-bond acceptors (Lipinski definition) is 5. The Morgan fingerprint density at radius 3 is 1.55 bits per heavy atom. The van der Waals surface area contributed by atoms with Gasteiger partial charge in [0.25, 0.3) is 17.7 Å². The van der Waals surface area contributed by atoms with Crippen molar-refractivity contribution in [3.63, 3.8) is 0 Å². The molecule has 6 rings (SSSR count). The van der Waals surface area contributed by atoms with Crippen LogP contribution < -0.4 is 38.9 Å². The van der Waals surface area contributed by atoms with Crippen LogP contribution in [0, 0.1) is 0 Å². The normalized spacial score (nSPS) is 21.1. The zero-order valence-corrected chi connectivity index (χ0v) is 26.0. The summed E-state index contributed by atoms with van der Waals surface area (Å²) in [6.45, 7) is 0. The molecular weight excluding hydrogens is 598 g/mol. The van der Waals surface area contributed by atoms with E-state index in [0.717, 1.165) is 73.2 Å². The molecule has 0 bridgehead atoms. The SMILES string of the molecule is NC(N)=NC1CCC(NC(=O)c2cc3cc(NC(=O)c4ccc5[nH]c(C(=O)NC6CCC(N=C(N)N)CC6)cc5c4)ccc3[nH]2)CC1. The molecule has 2 aromatic heterocycles. The number of carbonyl (C=O) groups excluding carboxylic acids is 3. The number of amides is 3. The van der Waals surface area contributed by atoms with Gasteiger partial charge < -0.3 is 48.9 Å². The first kappa shape index (κ1) is 31.5. The summed E-state index contributed by atoms with van der Waals surface area (Å²) < 4.78 is 0. The number of nitrogens with zero attached hydrogens (tertiary/aromatic N) is 2. The Bertz CT molecular complexity index is 1850. The molecule has 0 radical (unpaired) electrons. The summed E-state index contributed by atoms with van der Waals surface area (Å²) >= 11 is 0. The zero-order valence-electron chi connectivity index (χ0n) is 26.0. The summed E-state index contributed by atoms with van der Waals surface area (Å²) in [5, 5.41) is 10.7. The number of fused-ring (bicyclic) bond motifs is 2. The third-order valence-corrected chi connectivity index (χ3v) is 8.98. The van der Waals surface area contributed by atoms with Crippen LogP contribution in [-0.2, 0) is 0 Å². The van der Waals surface area contributed by atoms with E-state index < -0.39 is 0 Å². The fraction of sp³-hybridized carbons (Fsp3) is 0.364. The number of nitrogens with two attached hydrogens (primary N) is 4.